The van der Waals surface area contributed by atoms with Gasteiger partial charge in [-0.15, -0.1) is 5.10 Å². The molecule has 1 fully saturated rings. The standard InChI is InChI=1S/C16H20N4O2/c1-12-11-22-9-8-19(12)16(21)10-15-13(2)20(18-17-15)14-6-4-3-5-7-14/h3-7,12H,8-11H2,1-2H3. The molecule has 2 aromatic rings. The topological polar surface area (TPSA) is 60.3 Å². The summed E-state index contributed by atoms with van der Waals surface area (Å²) >= 11 is 0. The fraction of sp³-hybridized carbons (Fsp3) is 0.438. The van der Waals surface area contributed by atoms with Crippen molar-refractivity contribution in [1.29, 1.82) is 0 Å². The Hall–Kier alpha value is -2.21. The van der Waals surface area contributed by atoms with Gasteiger partial charge in [0.2, 0.25) is 5.91 Å². The smallest absolute Gasteiger partial charge is 0.229 e. The Morgan fingerprint density at radius 2 is 2.14 bits per heavy atom. The monoisotopic (exact) mass is 300 g/mol. The molecule has 22 heavy (non-hydrogen) atoms. The van der Waals surface area contributed by atoms with Crippen molar-refractivity contribution < 1.29 is 9.53 Å². The first-order chi connectivity index (χ1) is 10.7. The van der Waals surface area contributed by atoms with Crippen molar-refractivity contribution >= 4 is 5.91 Å². The Labute approximate surface area is 129 Å². The van der Waals surface area contributed by atoms with Crippen molar-refractivity contribution in [2.75, 3.05) is 19.8 Å². The zero-order valence-electron chi connectivity index (χ0n) is 12.9. The minimum atomic E-state index is 0.0824. The van der Waals surface area contributed by atoms with Gasteiger partial charge in [-0.1, -0.05) is 23.4 Å². The van der Waals surface area contributed by atoms with Gasteiger partial charge < -0.3 is 9.64 Å². The number of rotatable bonds is 3. The third kappa shape index (κ3) is 2.87. The number of benzene rings is 1. The number of carbonyl (C=O) groups is 1. The van der Waals surface area contributed by atoms with Crippen LogP contribution in [0.2, 0.25) is 0 Å². The predicted molar refractivity (Wildman–Crippen MR) is 81.8 cm³/mol. The first-order valence-corrected chi connectivity index (χ1v) is 7.50. The van der Waals surface area contributed by atoms with Crippen LogP contribution in [0.1, 0.15) is 18.3 Å². The summed E-state index contributed by atoms with van der Waals surface area (Å²) in [4.78, 5) is 14.3. The Morgan fingerprint density at radius 1 is 1.36 bits per heavy atom. The highest BCUT2D eigenvalue weighted by Crippen LogP contribution is 2.14. The SMILES string of the molecule is Cc1c(CC(=O)N2CCOCC2C)nnn1-c1ccccc1. The molecular formula is C16H20N4O2. The minimum Gasteiger partial charge on any atom is -0.377 e. The van der Waals surface area contributed by atoms with Crippen LogP contribution in [0.3, 0.4) is 0 Å². The third-order valence-corrected chi connectivity index (χ3v) is 4.00. The van der Waals surface area contributed by atoms with Crippen molar-refractivity contribution in [3.63, 3.8) is 0 Å². The molecule has 2 heterocycles. The van der Waals surface area contributed by atoms with Gasteiger partial charge in [0.15, 0.2) is 0 Å². The summed E-state index contributed by atoms with van der Waals surface area (Å²) in [5, 5.41) is 8.36. The van der Waals surface area contributed by atoms with Crippen LogP contribution in [0.5, 0.6) is 0 Å². The van der Waals surface area contributed by atoms with Gasteiger partial charge in [0.05, 0.1) is 42.8 Å². The molecule has 1 aliphatic heterocycles. The van der Waals surface area contributed by atoms with E-state index in [4.69, 9.17) is 4.74 Å². The summed E-state index contributed by atoms with van der Waals surface area (Å²) in [6.45, 7) is 5.79. The molecule has 3 rings (SSSR count). The number of carbonyl (C=O) groups excluding carboxylic acids is 1. The Bertz CT molecular complexity index is 653. The molecule has 0 radical (unpaired) electrons. The lowest BCUT2D eigenvalue weighted by Crippen LogP contribution is -2.47. The fourth-order valence-corrected chi connectivity index (χ4v) is 2.68. The van der Waals surface area contributed by atoms with Gasteiger partial charge >= 0.3 is 0 Å². The van der Waals surface area contributed by atoms with Crippen LogP contribution < -0.4 is 0 Å². The van der Waals surface area contributed by atoms with Crippen molar-refractivity contribution in [1.82, 2.24) is 19.9 Å². The van der Waals surface area contributed by atoms with E-state index in [2.05, 4.69) is 10.3 Å². The molecule has 1 aromatic carbocycles. The summed E-state index contributed by atoms with van der Waals surface area (Å²) in [5.74, 6) is 0.0824. The van der Waals surface area contributed by atoms with E-state index in [1.165, 1.54) is 0 Å². The molecule has 1 unspecified atom stereocenters. The van der Waals surface area contributed by atoms with E-state index in [1.54, 1.807) is 4.68 Å². The van der Waals surface area contributed by atoms with E-state index in [9.17, 15) is 4.79 Å². The van der Waals surface area contributed by atoms with Gasteiger partial charge in [-0.05, 0) is 26.0 Å². The highest BCUT2D eigenvalue weighted by molar-refractivity contribution is 5.79. The summed E-state index contributed by atoms with van der Waals surface area (Å²) in [7, 11) is 0. The van der Waals surface area contributed by atoms with Gasteiger partial charge in [-0.25, -0.2) is 4.68 Å². The van der Waals surface area contributed by atoms with Crippen LogP contribution >= 0.6 is 0 Å². The van der Waals surface area contributed by atoms with E-state index in [-0.39, 0.29) is 18.4 Å². The summed E-state index contributed by atoms with van der Waals surface area (Å²) in [5.41, 5.74) is 2.58. The number of nitrogens with zero attached hydrogens (tertiary/aromatic N) is 4. The van der Waals surface area contributed by atoms with Crippen LogP contribution in [-0.2, 0) is 16.0 Å². The lowest BCUT2D eigenvalue weighted by atomic mass is 10.2. The normalized spacial score (nSPS) is 18.5. The quantitative estimate of drug-likeness (QED) is 0.859. The molecule has 1 atom stereocenters. The van der Waals surface area contributed by atoms with Gasteiger partial charge in [-0.3, -0.25) is 4.79 Å². The average molecular weight is 300 g/mol. The summed E-state index contributed by atoms with van der Waals surface area (Å²) in [6.07, 6.45) is 0.281. The zero-order chi connectivity index (χ0) is 15.5. The Balaban J connectivity index is 1.76. The second-order valence-electron chi connectivity index (χ2n) is 5.56. The number of amides is 1. The van der Waals surface area contributed by atoms with Gasteiger partial charge in [0.1, 0.15) is 0 Å². The first kappa shape index (κ1) is 14.7. The lowest BCUT2D eigenvalue weighted by molar-refractivity contribution is -0.138. The lowest BCUT2D eigenvalue weighted by Gasteiger charge is -2.33. The second-order valence-corrected chi connectivity index (χ2v) is 5.56. The number of hydrogen-bond donors (Lipinski definition) is 0. The van der Waals surface area contributed by atoms with Gasteiger partial charge in [-0.2, -0.15) is 0 Å². The van der Waals surface area contributed by atoms with Crippen LogP contribution in [0, 0.1) is 6.92 Å². The van der Waals surface area contributed by atoms with E-state index < -0.39 is 0 Å². The van der Waals surface area contributed by atoms with Crippen molar-refractivity contribution in [3.05, 3.63) is 41.7 Å². The molecule has 116 valence electrons. The van der Waals surface area contributed by atoms with Crippen LogP contribution in [-0.4, -0.2) is 51.6 Å². The molecule has 1 aliphatic rings. The molecule has 0 spiro atoms. The molecule has 1 aromatic heterocycles. The number of ether oxygens (including phenoxy) is 1. The van der Waals surface area contributed by atoms with Crippen LogP contribution in [0.25, 0.3) is 5.69 Å². The van der Waals surface area contributed by atoms with Gasteiger partial charge in [0, 0.05) is 6.54 Å². The molecule has 0 aliphatic carbocycles. The molecular weight excluding hydrogens is 280 g/mol. The Morgan fingerprint density at radius 3 is 2.86 bits per heavy atom. The highest BCUT2D eigenvalue weighted by atomic mass is 16.5. The van der Waals surface area contributed by atoms with E-state index in [0.717, 1.165) is 17.1 Å². The van der Waals surface area contributed by atoms with Crippen LogP contribution in [0.15, 0.2) is 30.3 Å². The third-order valence-electron chi connectivity index (χ3n) is 4.00. The van der Waals surface area contributed by atoms with E-state index in [0.29, 0.717) is 19.8 Å². The molecule has 1 saturated heterocycles. The number of para-hydroxylation sites is 1. The highest BCUT2D eigenvalue weighted by Gasteiger charge is 2.25. The summed E-state index contributed by atoms with van der Waals surface area (Å²) in [6, 6.07) is 9.92. The zero-order valence-corrected chi connectivity index (χ0v) is 12.9. The molecule has 0 N–H and O–H groups in total. The average Bonchev–Trinajstić information content (AvgIpc) is 2.89. The maximum absolute atomic E-state index is 12.5. The molecule has 6 heteroatoms. The first-order valence-electron chi connectivity index (χ1n) is 7.50. The van der Waals surface area contributed by atoms with Crippen molar-refractivity contribution in [2.24, 2.45) is 0 Å². The van der Waals surface area contributed by atoms with E-state index >= 15 is 0 Å². The molecule has 6 nitrogen and oxygen atoms in total. The van der Waals surface area contributed by atoms with Crippen molar-refractivity contribution in [3.8, 4) is 5.69 Å². The van der Waals surface area contributed by atoms with Gasteiger partial charge in [0.25, 0.3) is 0 Å². The number of hydrogen-bond acceptors (Lipinski definition) is 4. The maximum Gasteiger partial charge on any atom is 0.229 e. The number of morpholine rings is 1. The fourth-order valence-electron chi connectivity index (χ4n) is 2.68. The molecule has 0 saturated carbocycles. The second kappa shape index (κ2) is 6.27. The predicted octanol–water partition coefficient (Wildman–Crippen LogP) is 1.37. The van der Waals surface area contributed by atoms with Crippen LogP contribution in [0.4, 0.5) is 0 Å². The maximum atomic E-state index is 12.5. The van der Waals surface area contributed by atoms with E-state index in [1.807, 2.05) is 49.1 Å². The largest absolute Gasteiger partial charge is 0.377 e. The van der Waals surface area contributed by atoms with Crippen molar-refractivity contribution in [2.45, 2.75) is 26.3 Å². The molecule has 0 bridgehead atoms. The number of aromatic nitrogens is 3. The molecule has 1 amide bonds. The Kier molecular flexibility index (Phi) is 4.20. The summed E-state index contributed by atoms with van der Waals surface area (Å²) < 4.78 is 7.14. The minimum absolute atomic E-state index is 0.0824.